The molecule has 2 rings (SSSR count). The molecule has 1 fully saturated rings. The van der Waals surface area contributed by atoms with Crippen LogP contribution in [0.25, 0.3) is 0 Å². The maximum absolute atomic E-state index is 6.13. The molecular formula is C15H26O2. The normalized spacial score (nSPS) is 30.4. The number of ether oxygens (including phenoxy) is 2. The van der Waals surface area contributed by atoms with Gasteiger partial charge in [0.1, 0.15) is 0 Å². The molecule has 0 aromatic carbocycles. The third kappa shape index (κ3) is 3.56. The Morgan fingerprint density at radius 2 is 2.24 bits per heavy atom. The Morgan fingerprint density at radius 1 is 1.41 bits per heavy atom. The average Bonchev–Trinajstić information content (AvgIpc) is 2.80. The van der Waals surface area contributed by atoms with Gasteiger partial charge in [0.05, 0.1) is 18.3 Å². The molecule has 0 bridgehead atoms. The second-order valence-electron chi connectivity index (χ2n) is 6.07. The third-order valence-electron chi connectivity index (χ3n) is 4.29. The molecule has 0 aromatic rings. The first-order valence-electron chi connectivity index (χ1n) is 6.99. The molecule has 0 saturated carbocycles. The van der Waals surface area contributed by atoms with E-state index in [1.54, 1.807) is 0 Å². The molecule has 2 nitrogen and oxygen atoms in total. The van der Waals surface area contributed by atoms with Gasteiger partial charge in [0.25, 0.3) is 0 Å². The topological polar surface area (TPSA) is 18.5 Å². The zero-order valence-electron chi connectivity index (χ0n) is 11.5. The highest BCUT2D eigenvalue weighted by atomic mass is 16.5. The summed E-state index contributed by atoms with van der Waals surface area (Å²) in [7, 11) is 0. The Hall–Kier alpha value is -0.340. The van der Waals surface area contributed by atoms with Crippen LogP contribution < -0.4 is 0 Å². The van der Waals surface area contributed by atoms with Crippen molar-refractivity contribution in [2.75, 3.05) is 13.2 Å². The van der Waals surface area contributed by atoms with Gasteiger partial charge in [-0.25, -0.2) is 0 Å². The van der Waals surface area contributed by atoms with Gasteiger partial charge < -0.3 is 9.47 Å². The molecule has 0 N–H and O–H groups in total. The number of hydrogen-bond acceptors (Lipinski definition) is 2. The largest absolute Gasteiger partial charge is 0.376 e. The molecule has 0 aromatic heterocycles. The Balaban J connectivity index is 1.80. The van der Waals surface area contributed by atoms with Crippen molar-refractivity contribution in [1.29, 1.82) is 0 Å². The molecule has 1 saturated heterocycles. The minimum absolute atomic E-state index is 0.0108. The summed E-state index contributed by atoms with van der Waals surface area (Å²) in [5, 5.41) is 0. The van der Waals surface area contributed by atoms with Crippen LogP contribution >= 0.6 is 0 Å². The van der Waals surface area contributed by atoms with Crippen LogP contribution in [0.5, 0.6) is 0 Å². The maximum Gasteiger partial charge on any atom is 0.0809 e. The first-order chi connectivity index (χ1) is 8.08. The van der Waals surface area contributed by atoms with Crippen molar-refractivity contribution in [3.8, 4) is 0 Å². The zero-order chi connectivity index (χ0) is 12.3. The molecular weight excluding hydrogens is 212 g/mol. The van der Waals surface area contributed by atoms with E-state index in [-0.39, 0.29) is 5.60 Å². The summed E-state index contributed by atoms with van der Waals surface area (Å²) in [5.41, 5.74) is 1.53. The van der Waals surface area contributed by atoms with Crippen molar-refractivity contribution in [3.05, 3.63) is 11.6 Å². The summed E-state index contributed by atoms with van der Waals surface area (Å²) in [4.78, 5) is 0. The summed E-state index contributed by atoms with van der Waals surface area (Å²) in [6.45, 7) is 8.39. The summed E-state index contributed by atoms with van der Waals surface area (Å²) in [5.74, 6) is 0.660. The lowest BCUT2D eigenvalue weighted by atomic mass is 9.79. The van der Waals surface area contributed by atoms with Crippen LogP contribution in [0.2, 0.25) is 0 Å². The minimum Gasteiger partial charge on any atom is -0.376 e. The van der Waals surface area contributed by atoms with Crippen LogP contribution in [0.4, 0.5) is 0 Å². The minimum atomic E-state index is -0.0108. The van der Waals surface area contributed by atoms with Crippen molar-refractivity contribution >= 4 is 0 Å². The summed E-state index contributed by atoms with van der Waals surface area (Å²) < 4.78 is 11.7. The fourth-order valence-corrected chi connectivity index (χ4v) is 2.80. The van der Waals surface area contributed by atoms with E-state index in [0.717, 1.165) is 13.2 Å². The molecule has 2 aliphatic rings. The van der Waals surface area contributed by atoms with Gasteiger partial charge >= 0.3 is 0 Å². The first-order valence-corrected chi connectivity index (χ1v) is 6.99. The second kappa shape index (κ2) is 5.53. The maximum atomic E-state index is 6.13. The Bertz CT molecular complexity index is 275. The Morgan fingerprint density at radius 3 is 2.82 bits per heavy atom. The van der Waals surface area contributed by atoms with E-state index >= 15 is 0 Å². The lowest BCUT2D eigenvalue weighted by Gasteiger charge is -2.36. The molecule has 2 atom stereocenters. The van der Waals surface area contributed by atoms with Gasteiger partial charge in [0, 0.05) is 6.61 Å². The van der Waals surface area contributed by atoms with E-state index in [1.807, 2.05) is 0 Å². The van der Waals surface area contributed by atoms with E-state index in [9.17, 15) is 0 Å². The smallest absolute Gasteiger partial charge is 0.0809 e. The van der Waals surface area contributed by atoms with Gasteiger partial charge in [-0.3, -0.25) is 0 Å². The van der Waals surface area contributed by atoms with Gasteiger partial charge in [-0.15, -0.1) is 0 Å². The van der Waals surface area contributed by atoms with Crippen molar-refractivity contribution in [2.24, 2.45) is 5.92 Å². The van der Waals surface area contributed by atoms with E-state index in [4.69, 9.17) is 9.47 Å². The standard InChI is InChI=1S/C15H26O2/c1-12-6-8-13(9-7-12)15(2,3)17-11-14-5-4-10-16-14/h6,13-14H,4-5,7-11H2,1-3H3/t13-,14+/m0/s1. The van der Waals surface area contributed by atoms with E-state index in [0.29, 0.717) is 12.0 Å². The molecule has 0 radical (unpaired) electrons. The van der Waals surface area contributed by atoms with Crippen LogP contribution in [0.15, 0.2) is 11.6 Å². The summed E-state index contributed by atoms with van der Waals surface area (Å²) in [6.07, 6.45) is 8.75. The fourth-order valence-electron chi connectivity index (χ4n) is 2.80. The molecule has 0 spiro atoms. The molecule has 2 heteroatoms. The van der Waals surface area contributed by atoms with Gasteiger partial charge in [0.2, 0.25) is 0 Å². The van der Waals surface area contributed by atoms with Crippen LogP contribution in [-0.2, 0) is 9.47 Å². The first kappa shape index (κ1) is 13.1. The summed E-state index contributed by atoms with van der Waals surface area (Å²) >= 11 is 0. The fraction of sp³-hybridized carbons (Fsp3) is 0.867. The highest BCUT2D eigenvalue weighted by molar-refractivity contribution is 5.05. The molecule has 1 aliphatic heterocycles. The Labute approximate surface area is 105 Å². The van der Waals surface area contributed by atoms with Gasteiger partial charge in [-0.1, -0.05) is 11.6 Å². The second-order valence-corrected chi connectivity index (χ2v) is 6.07. The number of rotatable bonds is 4. The summed E-state index contributed by atoms with van der Waals surface area (Å²) in [6, 6.07) is 0. The van der Waals surface area contributed by atoms with Crippen LogP contribution in [0, 0.1) is 5.92 Å². The predicted molar refractivity (Wildman–Crippen MR) is 70.1 cm³/mol. The van der Waals surface area contributed by atoms with Crippen LogP contribution in [0.3, 0.4) is 0 Å². The van der Waals surface area contributed by atoms with Crippen molar-refractivity contribution in [3.63, 3.8) is 0 Å². The number of allylic oxidation sites excluding steroid dienone is 2. The lowest BCUT2D eigenvalue weighted by molar-refractivity contribution is -0.0962. The van der Waals surface area contributed by atoms with Crippen LogP contribution in [-0.4, -0.2) is 24.9 Å². The monoisotopic (exact) mass is 238 g/mol. The SMILES string of the molecule is CC1=CC[C@H](C(C)(C)OC[C@H]2CCCO2)CC1. The zero-order valence-corrected chi connectivity index (χ0v) is 11.5. The molecule has 0 amide bonds. The lowest BCUT2D eigenvalue weighted by Crippen LogP contribution is -2.37. The number of hydrogen-bond donors (Lipinski definition) is 0. The van der Waals surface area contributed by atoms with Crippen molar-refractivity contribution in [1.82, 2.24) is 0 Å². The molecule has 17 heavy (non-hydrogen) atoms. The van der Waals surface area contributed by atoms with Gasteiger partial charge in [-0.05, 0) is 58.8 Å². The molecule has 98 valence electrons. The van der Waals surface area contributed by atoms with Crippen molar-refractivity contribution < 1.29 is 9.47 Å². The van der Waals surface area contributed by atoms with Gasteiger partial charge in [-0.2, -0.15) is 0 Å². The van der Waals surface area contributed by atoms with E-state index in [2.05, 4.69) is 26.8 Å². The highest BCUT2D eigenvalue weighted by Gasteiger charge is 2.32. The van der Waals surface area contributed by atoms with Crippen molar-refractivity contribution in [2.45, 2.75) is 64.6 Å². The third-order valence-corrected chi connectivity index (χ3v) is 4.29. The molecule has 0 unspecified atom stereocenters. The molecule has 1 heterocycles. The predicted octanol–water partition coefficient (Wildman–Crippen LogP) is 3.71. The Kier molecular flexibility index (Phi) is 4.26. The van der Waals surface area contributed by atoms with E-state index in [1.165, 1.54) is 37.7 Å². The quantitative estimate of drug-likeness (QED) is 0.695. The average molecular weight is 238 g/mol. The van der Waals surface area contributed by atoms with E-state index < -0.39 is 0 Å². The molecule has 1 aliphatic carbocycles. The van der Waals surface area contributed by atoms with Crippen LogP contribution in [0.1, 0.15) is 52.9 Å². The van der Waals surface area contributed by atoms with Gasteiger partial charge in [0.15, 0.2) is 0 Å². The highest BCUT2D eigenvalue weighted by Crippen LogP contribution is 2.34.